The molecule has 86 valence electrons. The highest BCUT2D eigenvalue weighted by Gasteiger charge is 2.18. The lowest BCUT2D eigenvalue weighted by Crippen LogP contribution is -2.34. The smallest absolute Gasteiger partial charge is 0.396 e. The number of nitrogens with one attached hydrogen (secondary N) is 1. The number of carbonyl (C=O) groups is 2. The van der Waals surface area contributed by atoms with Crippen LogP contribution in [0.25, 0.3) is 0 Å². The Kier molecular flexibility index (Phi) is 4.44. The Bertz CT molecular complexity index is 365. The summed E-state index contributed by atoms with van der Waals surface area (Å²) in [4.78, 5) is 26.4. The molecule has 0 radical (unpaired) electrons. The summed E-state index contributed by atoms with van der Waals surface area (Å²) in [6, 6.07) is 5.05. The third-order valence-corrected chi connectivity index (χ3v) is 1.94. The Morgan fingerprint density at radius 1 is 1.50 bits per heavy atom. The zero-order chi connectivity index (χ0) is 12.0. The molecule has 16 heavy (non-hydrogen) atoms. The summed E-state index contributed by atoms with van der Waals surface area (Å²) in [6.07, 6.45) is 1.63. The molecule has 1 aromatic heterocycles. The highest BCUT2D eigenvalue weighted by atomic mass is 16.5. The van der Waals surface area contributed by atoms with Crippen molar-refractivity contribution in [2.24, 2.45) is 0 Å². The SMILES string of the molecule is CCOC(=O)C(=O)NC(C)c1ccccn1. The Hall–Kier alpha value is -1.91. The van der Waals surface area contributed by atoms with Crippen molar-refractivity contribution in [2.45, 2.75) is 19.9 Å². The zero-order valence-corrected chi connectivity index (χ0v) is 9.27. The molecule has 1 atom stereocenters. The Balaban J connectivity index is 2.55. The molecule has 1 aromatic rings. The summed E-state index contributed by atoms with van der Waals surface area (Å²) in [5, 5.41) is 2.50. The Morgan fingerprint density at radius 2 is 2.25 bits per heavy atom. The van der Waals surface area contributed by atoms with Gasteiger partial charge in [0, 0.05) is 6.20 Å². The van der Waals surface area contributed by atoms with Gasteiger partial charge in [0.05, 0.1) is 18.3 Å². The van der Waals surface area contributed by atoms with E-state index in [4.69, 9.17) is 0 Å². The molecule has 1 heterocycles. The normalized spacial score (nSPS) is 11.6. The van der Waals surface area contributed by atoms with Crippen LogP contribution in [0.3, 0.4) is 0 Å². The summed E-state index contributed by atoms with van der Waals surface area (Å²) in [7, 11) is 0. The van der Waals surface area contributed by atoms with Crippen molar-refractivity contribution in [3.63, 3.8) is 0 Å². The number of rotatable bonds is 3. The van der Waals surface area contributed by atoms with Gasteiger partial charge in [-0.3, -0.25) is 9.78 Å². The van der Waals surface area contributed by atoms with Crippen LogP contribution in [-0.4, -0.2) is 23.5 Å². The zero-order valence-electron chi connectivity index (χ0n) is 9.27. The van der Waals surface area contributed by atoms with Crippen molar-refractivity contribution in [2.75, 3.05) is 6.61 Å². The molecule has 1 amide bonds. The molecule has 0 saturated carbocycles. The number of hydrogen-bond donors (Lipinski definition) is 1. The lowest BCUT2D eigenvalue weighted by atomic mass is 10.2. The molecule has 0 saturated heterocycles. The van der Waals surface area contributed by atoms with Crippen LogP contribution < -0.4 is 5.32 Å². The summed E-state index contributed by atoms with van der Waals surface area (Å²) in [5.74, 6) is -1.62. The van der Waals surface area contributed by atoms with Gasteiger partial charge in [-0.25, -0.2) is 4.79 Å². The third-order valence-electron chi connectivity index (χ3n) is 1.94. The highest BCUT2D eigenvalue weighted by molar-refractivity contribution is 6.32. The minimum absolute atomic E-state index is 0.185. The quantitative estimate of drug-likeness (QED) is 0.607. The minimum atomic E-state index is -0.870. The highest BCUT2D eigenvalue weighted by Crippen LogP contribution is 2.07. The number of carbonyl (C=O) groups excluding carboxylic acids is 2. The molecular formula is C11H14N2O3. The maximum absolute atomic E-state index is 11.3. The molecule has 0 spiro atoms. The van der Waals surface area contributed by atoms with Crippen LogP contribution in [0, 0.1) is 0 Å². The second kappa shape index (κ2) is 5.85. The number of nitrogens with zero attached hydrogens (tertiary/aromatic N) is 1. The van der Waals surface area contributed by atoms with E-state index in [2.05, 4.69) is 15.0 Å². The van der Waals surface area contributed by atoms with Gasteiger partial charge in [0.1, 0.15) is 0 Å². The van der Waals surface area contributed by atoms with Crippen LogP contribution >= 0.6 is 0 Å². The van der Waals surface area contributed by atoms with Crippen LogP contribution in [0.1, 0.15) is 25.6 Å². The van der Waals surface area contributed by atoms with Crippen LogP contribution in [-0.2, 0) is 14.3 Å². The van der Waals surface area contributed by atoms with E-state index in [1.807, 2.05) is 6.07 Å². The molecule has 0 aliphatic rings. The van der Waals surface area contributed by atoms with Crippen LogP contribution in [0.15, 0.2) is 24.4 Å². The van der Waals surface area contributed by atoms with Crippen molar-refractivity contribution in [1.82, 2.24) is 10.3 Å². The van der Waals surface area contributed by atoms with Crippen molar-refractivity contribution in [3.8, 4) is 0 Å². The van der Waals surface area contributed by atoms with E-state index in [-0.39, 0.29) is 12.6 Å². The maximum atomic E-state index is 11.3. The molecule has 5 nitrogen and oxygen atoms in total. The van der Waals surface area contributed by atoms with E-state index >= 15 is 0 Å². The molecule has 0 bridgehead atoms. The number of hydrogen-bond acceptors (Lipinski definition) is 4. The van der Waals surface area contributed by atoms with Crippen LogP contribution in [0.4, 0.5) is 0 Å². The van der Waals surface area contributed by atoms with Gasteiger partial charge in [-0.2, -0.15) is 0 Å². The fraction of sp³-hybridized carbons (Fsp3) is 0.364. The molecule has 0 aliphatic heterocycles. The fourth-order valence-electron chi connectivity index (χ4n) is 1.16. The average molecular weight is 222 g/mol. The van der Waals surface area contributed by atoms with Crippen LogP contribution in [0.5, 0.6) is 0 Å². The number of aromatic nitrogens is 1. The first-order valence-corrected chi connectivity index (χ1v) is 5.03. The van der Waals surface area contributed by atoms with Crippen molar-refractivity contribution in [3.05, 3.63) is 30.1 Å². The molecule has 1 unspecified atom stereocenters. The molecular weight excluding hydrogens is 208 g/mol. The summed E-state index contributed by atoms with van der Waals surface area (Å²) >= 11 is 0. The predicted molar refractivity (Wildman–Crippen MR) is 57.4 cm³/mol. The van der Waals surface area contributed by atoms with E-state index in [0.29, 0.717) is 5.69 Å². The molecule has 1 rings (SSSR count). The lowest BCUT2D eigenvalue weighted by molar-refractivity contribution is -0.154. The van der Waals surface area contributed by atoms with Gasteiger partial charge >= 0.3 is 11.9 Å². The second-order valence-electron chi connectivity index (χ2n) is 3.17. The number of ether oxygens (including phenoxy) is 1. The van der Waals surface area contributed by atoms with Crippen molar-refractivity contribution < 1.29 is 14.3 Å². The number of pyridine rings is 1. The first-order chi connectivity index (χ1) is 7.65. The third kappa shape index (κ3) is 3.34. The van der Waals surface area contributed by atoms with Crippen LogP contribution in [0.2, 0.25) is 0 Å². The molecule has 0 aromatic carbocycles. The summed E-state index contributed by atoms with van der Waals surface area (Å²) in [5.41, 5.74) is 0.695. The van der Waals surface area contributed by atoms with Gasteiger partial charge in [0.25, 0.3) is 0 Å². The lowest BCUT2D eigenvalue weighted by Gasteiger charge is -2.12. The second-order valence-corrected chi connectivity index (χ2v) is 3.17. The van der Waals surface area contributed by atoms with E-state index in [1.54, 1.807) is 32.2 Å². The predicted octanol–water partition coefficient (Wildman–Crippen LogP) is 0.822. The summed E-state index contributed by atoms with van der Waals surface area (Å²) < 4.78 is 4.57. The van der Waals surface area contributed by atoms with E-state index in [1.165, 1.54) is 0 Å². The molecule has 0 fully saturated rings. The number of amides is 1. The monoisotopic (exact) mass is 222 g/mol. The maximum Gasteiger partial charge on any atom is 0.396 e. The van der Waals surface area contributed by atoms with E-state index < -0.39 is 11.9 Å². The first-order valence-electron chi connectivity index (χ1n) is 5.03. The van der Waals surface area contributed by atoms with E-state index in [0.717, 1.165) is 0 Å². The molecule has 0 aliphatic carbocycles. The van der Waals surface area contributed by atoms with Crippen molar-refractivity contribution >= 4 is 11.9 Å². The molecule has 1 N–H and O–H groups in total. The average Bonchev–Trinajstić information content (AvgIpc) is 2.30. The van der Waals surface area contributed by atoms with Gasteiger partial charge in [0.2, 0.25) is 0 Å². The standard InChI is InChI=1S/C11H14N2O3/c1-3-16-11(15)10(14)13-8(2)9-6-4-5-7-12-9/h4-8H,3H2,1-2H3,(H,13,14). The van der Waals surface area contributed by atoms with Gasteiger partial charge in [0.15, 0.2) is 0 Å². The van der Waals surface area contributed by atoms with Gasteiger partial charge in [-0.1, -0.05) is 6.07 Å². The molecule has 5 heteroatoms. The Morgan fingerprint density at radius 3 is 2.81 bits per heavy atom. The van der Waals surface area contributed by atoms with Gasteiger partial charge in [-0.15, -0.1) is 0 Å². The fourth-order valence-corrected chi connectivity index (χ4v) is 1.16. The topological polar surface area (TPSA) is 68.3 Å². The number of esters is 1. The Labute approximate surface area is 93.8 Å². The van der Waals surface area contributed by atoms with Crippen molar-refractivity contribution in [1.29, 1.82) is 0 Å². The largest absolute Gasteiger partial charge is 0.459 e. The summed E-state index contributed by atoms with van der Waals surface area (Å²) in [6.45, 7) is 3.58. The first kappa shape index (κ1) is 12.2. The minimum Gasteiger partial charge on any atom is -0.459 e. The van der Waals surface area contributed by atoms with E-state index in [9.17, 15) is 9.59 Å². The van der Waals surface area contributed by atoms with Gasteiger partial charge in [-0.05, 0) is 26.0 Å². The van der Waals surface area contributed by atoms with Gasteiger partial charge < -0.3 is 10.1 Å².